The quantitative estimate of drug-likeness (QED) is 0.677. The van der Waals surface area contributed by atoms with Crippen LogP contribution in [0.4, 0.5) is 4.39 Å². The van der Waals surface area contributed by atoms with Crippen molar-refractivity contribution in [3.8, 4) is 0 Å². The zero-order valence-corrected chi connectivity index (χ0v) is 9.78. The summed E-state index contributed by atoms with van der Waals surface area (Å²) in [5.74, 6) is -0.232. The van der Waals surface area contributed by atoms with Gasteiger partial charge in [-0.2, -0.15) is 0 Å². The third kappa shape index (κ3) is 2.39. The van der Waals surface area contributed by atoms with Gasteiger partial charge in [-0.25, -0.2) is 4.39 Å². The molecular weight excluding hydrogens is 231 g/mol. The monoisotopic (exact) mass is 240 g/mol. The van der Waals surface area contributed by atoms with Gasteiger partial charge >= 0.3 is 0 Å². The minimum absolute atomic E-state index is 0.177. The molecule has 15 heavy (non-hydrogen) atoms. The molecule has 78 valence electrons. The first-order valence-corrected chi connectivity index (χ1v) is 5.88. The van der Waals surface area contributed by atoms with E-state index in [9.17, 15) is 4.39 Å². The Kier molecular flexibility index (Phi) is 3.08. The minimum atomic E-state index is -0.232. The van der Waals surface area contributed by atoms with Crippen molar-refractivity contribution in [2.45, 2.75) is 12.3 Å². The number of rotatable bonds is 2. The molecule has 1 heterocycles. The molecule has 3 heteroatoms. The van der Waals surface area contributed by atoms with Gasteiger partial charge in [0.1, 0.15) is 5.82 Å². The summed E-state index contributed by atoms with van der Waals surface area (Å²) < 4.78 is 12.7. The lowest BCUT2D eigenvalue weighted by Gasteiger charge is -2.06. The second kappa shape index (κ2) is 4.33. The summed E-state index contributed by atoms with van der Waals surface area (Å²) in [6.45, 7) is 2.04. The van der Waals surface area contributed by atoms with Gasteiger partial charge in [0.25, 0.3) is 0 Å². The normalized spacial score (nSPS) is 12.7. The van der Waals surface area contributed by atoms with Gasteiger partial charge in [0, 0.05) is 9.75 Å². The Balaban J connectivity index is 2.28. The molecule has 2 aromatic rings. The molecule has 0 amide bonds. The number of hydrogen-bond acceptors (Lipinski definition) is 1. The summed E-state index contributed by atoms with van der Waals surface area (Å²) >= 11 is 7.95. The van der Waals surface area contributed by atoms with Crippen LogP contribution >= 0.6 is 22.9 Å². The minimum Gasteiger partial charge on any atom is -0.207 e. The predicted octanol–water partition coefficient (Wildman–Crippen LogP) is 4.52. The van der Waals surface area contributed by atoms with Gasteiger partial charge in [-0.1, -0.05) is 12.1 Å². The fourth-order valence-corrected chi connectivity index (χ4v) is 2.62. The van der Waals surface area contributed by atoms with E-state index < -0.39 is 0 Å². The van der Waals surface area contributed by atoms with E-state index in [1.165, 1.54) is 17.0 Å². The largest absolute Gasteiger partial charge is 0.207 e. The molecule has 0 aliphatic heterocycles. The zero-order valence-electron chi connectivity index (χ0n) is 8.21. The maximum atomic E-state index is 12.7. The molecule has 0 radical (unpaired) electrons. The Morgan fingerprint density at radius 2 is 1.80 bits per heavy atom. The highest BCUT2D eigenvalue weighted by atomic mass is 35.5. The fourth-order valence-electron chi connectivity index (χ4n) is 1.39. The van der Waals surface area contributed by atoms with Crippen molar-refractivity contribution in [3.05, 3.63) is 57.5 Å². The molecule has 0 N–H and O–H groups in total. The van der Waals surface area contributed by atoms with Crippen molar-refractivity contribution in [2.75, 3.05) is 0 Å². The molecule has 0 bridgehead atoms. The standard InChI is InChI=1S/C12H10ClFS/c1-8-2-7-11(15-8)12(13)9-3-5-10(14)6-4-9/h2-7,12H,1H3. The van der Waals surface area contributed by atoms with Crippen molar-refractivity contribution in [1.82, 2.24) is 0 Å². The van der Waals surface area contributed by atoms with Gasteiger partial charge in [-0.05, 0) is 36.8 Å². The van der Waals surface area contributed by atoms with E-state index in [4.69, 9.17) is 11.6 Å². The molecule has 0 aliphatic rings. The molecule has 0 nitrogen and oxygen atoms in total. The van der Waals surface area contributed by atoms with Gasteiger partial charge in [0.2, 0.25) is 0 Å². The summed E-state index contributed by atoms with van der Waals surface area (Å²) in [6, 6.07) is 10.4. The van der Waals surface area contributed by atoms with E-state index in [1.54, 1.807) is 23.5 Å². The molecular formula is C12H10ClFS. The van der Waals surface area contributed by atoms with Crippen LogP contribution in [-0.2, 0) is 0 Å². The number of hydrogen-bond donors (Lipinski definition) is 0. The van der Waals surface area contributed by atoms with E-state index >= 15 is 0 Å². The third-order valence-corrected chi connectivity index (χ3v) is 3.86. The smallest absolute Gasteiger partial charge is 0.123 e. The highest BCUT2D eigenvalue weighted by Crippen LogP contribution is 2.33. The molecule has 0 saturated heterocycles. The summed E-state index contributed by atoms with van der Waals surface area (Å²) in [5, 5.41) is -0.177. The van der Waals surface area contributed by atoms with Gasteiger partial charge in [-0.3, -0.25) is 0 Å². The number of alkyl halides is 1. The highest BCUT2D eigenvalue weighted by Gasteiger charge is 2.12. The number of halogens is 2. The van der Waals surface area contributed by atoms with E-state index in [-0.39, 0.29) is 11.2 Å². The van der Waals surface area contributed by atoms with Crippen LogP contribution in [0.3, 0.4) is 0 Å². The van der Waals surface area contributed by atoms with Crippen LogP contribution in [0.25, 0.3) is 0 Å². The Morgan fingerprint density at radius 1 is 1.13 bits per heavy atom. The van der Waals surface area contributed by atoms with Gasteiger partial charge in [0.05, 0.1) is 5.38 Å². The summed E-state index contributed by atoms with van der Waals surface area (Å²) in [7, 11) is 0. The lowest BCUT2D eigenvalue weighted by molar-refractivity contribution is 0.627. The Morgan fingerprint density at radius 3 is 2.33 bits per heavy atom. The molecule has 1 aromatic heterocycles. The maximum Gasteiger partial charge on any atom is 0.123 e. The van der Waals surface area contributed by atoms with Crippen LogP contribution in [0.1, 0.15) is 20.7 Å². The van der Waals surface area contributed by atoms with Crippen LogP contribution in [0.5, 0.6) is 0 Å². The van der Waals surface area contributed by atoms with E-state index in [2.05, 4.69) is 0 Å². The molecule has 1 aromatic carbocycles. The first-order valence-electron chi connectivity index (χ1n) is 4.62. The maximum absolute atomic E-state index is 12.7. The van der Waals surface area contributed by atoms with E-state index in [1.807, 2.05) is 19.1 Å². The average Bonchev–Trinajstić information content (AvgIpc) is 2.65. The zero-order chi connectivity index (χ0) is 10.8. The lowest BCUT2D eigenvalue weighted by Crippen LogP contribution is -1.89. The van der Waals surface area contributed by atoms with Crippen molar-refractivity contribution in [1.29, 1.82) is 0 Å². The number of benzene rings is 1. The van der Waals surface area contributed by atoms with Crippen molar-refractivity contribution in [2.24, 2.45) is 0 Å². The van der Waals surface area contributed by atoms with Crippen LogP contribution in [0.15, 0.2) is 36.4 Å². The first-order chi connectivity index (χ1) is 7.16. The lowest BCUT2D eigenvalue weighted by atomic mass is 10.1. The Labute approximate surface area is 97.3 Å². The molecule has 1 atom stereocenters. The second-order valence-electron chi connectivity index (χ2n) is 3.36. The SMILES string of the molecule is Cc1ccc(C(Cl)c2ccc(F)cc2)s1. The van der Waals surface area contributed by atoms with Crippen LogP contribution in [0.2, 0.25) is 0 Å². The summed E-state index contributed by atoms with van der Waals surface area (Å²) in [6.07, 6.45) is 0. The number of aryl methyl sites for hydroxylation is 1. The van der Waals surface area contributed by atoms with Gasteiger partial charge < -0.3 is 0 Å². The van der Waals surface area contributed by atoms with Crippen molar-refractivity contribution < 1.29 is 4.39 Å². The first kappa shape index (κ1) is 10.7. The van der Waals surface area contributed by atoms with Gasteiger partial charge in [0.15, 0.2) is 0 Å². The highest BCUT2D eigenvalue weighted by molar-refractivity contribution is 7.12. The Hall–Kier alpha value is -0.860. The molecule has 0 spiro atoms. The predicted molar refractivity (Wildman–Crippen MR) is 63.2 cm³/mol. The fraction of sp³-hybridized carbons (Fsp3) is 0.167. The third-order valence-electron chi connectivity index (χ3n) is 2.17. The van der Waals surface area contributed by atoms with Crippen LogP contribution in [-0.4, -0.2) is 0 Å². The second-order valence-corrected chi connectivity index (χ2v) is 5.12. The molecule has 0 aliphatic carbocycles. The topological polar surface area (TPSA) is 0 Å². The van der Waals surface area contributed by atoms with Crippen molar-refractivity contribution in [3.63, 3.8) is 0 Å². The Bertz CT molecular complexity index is 447. The summed E-state index contributed by atoms with van der Waals surface area (Å²) in [4.78, 5) is 2.33. The van der Waals surface area contributed by atoms with E-state index in [0.29, 0.717) is 0 Å². The summed E-state index contributed by atoms with van der Waals surface area (Å²) in [5.41, 5.74) is 0.930. The van der Waals surface area contributed by atoms with Crippen molar-refractivity contribution >= 4 is 22.9 Å². The number of thiophene rings is 1. The van der Waals surface area contributed by atoms with Crippen LogP contribution < -0.4 is 0 Å². The average molecular weight is 241 g/mol. The molecule has 1 unspecified atom stereocenters. The van der Waals surface area contributed by atoms with Gasteiger partial charge in [-0.15, -0.1) is 22.9 Å². The molecule has 0 fully saturated rings. The molecule has 0 saturated carbocycles. The van der Waals surface area contributed by atoms with Crippen LogP contribution in [0, 0.1) is 12.7 Å². The molecule has 2 rings (SSSR count). The van der Waals surface area contributed by atoms with E-state index in [0.717, 1.165) is 10.4 Å².